The van der Waals surface area contributed by atoms with Crippen molar-refractivity contribution in [2.24, 2.45) is 5.73 Å². The molecule has 0 bridgehead atoms. The Hall–Kier alpha value is -1.69. The van der Waals surface area contributed by atoms with Crippen LogP contribution >= 0.6 is 12.6 Å². The van der Waals surface area contributed by atoms with Gasteiger partial charge >= 0.3 is 0 Å². The van der Waals surface area contributed by atoms with Gasteiger partial charge in [0.05, 0.1) is 12.6 Å². The third-order valence-corrected chi connectivity index (χ3v) is 8.10. The van der Waals surface area contributed by atoms with Gasteiger partial charge in [-0.2, -0.15) is 12.6 Å². The Morgan fingerprint density at radius 2 is 1.40 bits per heavy atom. The summed E-state index contributed by atoms with van der Waals surface area (Å²) in [6.07, 6.45) is 19.5. The van der Waals surface area contributed by atoms with Gasteiger partial charge in [-0.15, -0.1) is 0 Å². The highest BCUT2D eigenvalue weighted by Gasteiger charge is 2.40. The molecule has 0 fully saturated rings. The average Bonchev–Trinajstić information content (AvgIpc) is 2.99. The second-order valence-electron chi connectivity index (χ2n) is 11.3. The molecule has 3 atom stereocenters. The van der Waals surface area contributed by atoms with Crippen molar-refractivity contribution >= 4 is 36.6 Å². The molecule has 0 rings (SSSR count). The fourth-order valence-electron chi connectivity index (χ4n) is 4.85. The largest absolute Gasteiger partial charge is 0.396 e. The molecule has 0 aromatic heterocycles. The van der Waals surface area contributed by atoms with E-state index >= 15 is 0 Å². The average molecular weight is 616 g/mol. The molecule has 0 heterocycles. The highest BCUT2D eigenvalue weighted by Crippen LogP contribution is 2.18. The molecule has 0 aromatic carbocycles. The summed E-state index contributed by atoms with van der Waals surface area (Å²) < 4.78 is 0. The molecule has 0 unspecified atom stereocenters. The van der Waals surface area contributed by atoms with Gasteiger partial charge in [0.1, 0.15) is 11.6 Å². The zero-order valence-electron chi connectivity index (χ0n) is 26.0. The highest BCUT2D eigenvalue weighted by atomic mass is 32.1. The van der Waals surface area contributed by atoms with Crippen LogP contribution in [0.1, 0.15) is 129 Å². The summed E-state index contributed by atoms with van der Waals surface area (Å²) in [6, 6.07) is -2.23. The number of thiol groups is 1. The summed E-state index contributed by atoms with van der Waals surface area (Å²) >= 11 is 4.32. The first-order chi connectivity index (χ1) is 20.3. The van der Waals surface area contributed by atoms with Crippen LogP contribution in [0.2, 0.25) is 0 Å². The van der Waals surface area contributed by atoms with E-state index in [0.29, 0.717) is 32.2 Å². The smallest absolute Gasteiger partial charge is 0.247 e. The van der Waals surface area contributed by atoms with Crippen molar-refractivity contribution < 1.29 is 29.4 Å². The number of nitrogens with two attached hydrogens (primary N) is 1. The second-order valence-corrected chi connectivity index (χ2v) is 11.6. The molecular weight excluding hydrogens is 556 g/mol. The Bertz CT molecular complexity index is 730. The Morgan fingerprint density at radius 1 is 0.833 bits per heavy atom. The lowest BCUT2D eigenvalue weighted by Crippen LogP contribution is -2.64. The molecule has 0 aliphatic carbocycles. The van der Waals surface area contributed by atoms with Crippen molar-refractivity contribution in [2.75, 3.05) is 25.5 Å². The minimum atomic E-state index is -1.47. The van der Waals surface area contributed by atoms with Crippen molar-refractivity contribution in [1.29, 1.82) is 0 Å². The second kappa shape index (κ2) is 26.9. The Morgan fingerprint density at radius 3 is 1.88 bits per heavy atom. The van der Waals surface area contributed by atoms with Crippen LogP contribution < -0.4 is 21.7 Å². The molecule has 10 nitrogen and oxygen atoms in total. The van der Waals surface area contributed by atoms with Gasteiger partial charge in [-0.3, -0.25) is 19.2 Å². The number of nitrogens with one attached hydrogen (secondary N) is 3. The molecule has 245 valence electrons. The molecule has 3 amide bonds. The first kappa shape index (κ1) is 40.3. The maximum atomic E-state index is 13.3. The van der Waals surface area contributed by atoms with Gasteiger partial charge in [0, 0.05) is 18.8 Å². The number of unbranched alkanes of at least 4 members (excludes halogenated alkanes) is 13. The minimum Gasteiger partial charge on any atom is -0.396 e. The zero-order valence-corrected chi connectivity index (χ0v) is 26.9. The molecule has 1 radical (unpaired) electrons. The summed E-state index contributed by atoms with van der Waals surface area (Å²) in [5, 5.41) is 26.9. The predicted octanol–water partition coefficient (Wildman–Crippen LogP) is 3.23. The Balaban J connectivity index is 4.72. The quantitative estimate of drug-likeness (QED) is 0.0500. The number of amides is 3. The number of carbonyl (C=O) groups excluding carboxylic acids is 4. The van der Waals surface area contributed by atoms with E-state index in [1.165, 1.54) is 57.8 Å². The molecule has 0 aromatic rings. The number of carbonyl (C=O) groups is 3. The van der Waals surface area contributed by atoms with Crippen LogP contribution in [0.25, 0.3) is 0 Å². The van der Waals surface area contributed by atoms with E-state index in [9.17, 15) is 29.4 Å². The van der Waals surface area contributed by atoms with Crippen molar-refractivity contribution in [1.82, 2.24) is 16.0 Å². The van der Waals surface area contributed by atoms with Crippen LogP contribution in [-0.4, -0.2) is 77.4 Å². The summed E-state index contributed by atoms with van der Waals surface area (Å²) in [6.45, 7) is 1.79. The van der Waals surface area contributed by atoms with E-state index in [0.717, 1.165) is 19.3 Å². The molecule has 0 aliphatic rings. The van der Waals surface area contributed by atoms with E-state index in [2.05, 4.69) is 35.5 Å². The minimum absolute atomic E-state index is 0.0627. The lowest BCUT2D eigenvalue weighted by Gasteiger charge is -2.33. The Kier molecular flexibility index (Phi) is 25.8. The maximum Gasteiger partial charge on any atom is 0.247 e. The third kappa shape index (κ3) is 18.8. The topological polar surface area (TPSA) is 171 Å². The SMILES string of the molecule is CCCCCCCCCCCCCCCC(=O)N[C@](CS)(CCCO)C(=O)N[C@@H](CO)C(=O)N[C@H]([C]=O)CCCCN. The summed E-state index contributed by atoms with van der Waals surface area (Å²) in [5.74, 6) is -1.79. The number of rotatable bonds is 29. The first-order valence-electron chi connectivity index (χ1n) is 16.2. The van der Waals surface area contributed by atoms with Crippen molar-refractivity contribution in [3.8, 4) is 0 Å². The van der Waals surface area contributed by atoms with Crippen LogP contribution in [0.5, 0.6) is 0 Å². The number of aliphatic hydroxyl groups is 2. The van der Waals surface area contributed by atoms with Gasteiger partial charge in [0.25, 0.3) is 0 Å². The van der Waals surface area contributed by atoms with Crippen LogP contribution in [0.4, 0.5) is 0 Å². The van der Waals surface area contributed by atoms with Crippen LogP contribution in [0.15, 0.2) is 0 Å². The zero-order chi connectivity index (χ0) is 31.5. The number of aliphatic hydroxyl groups excluding tert-OH is 2. The fraction of sp³-hybridized carbons (Fsp3) is 0.871. The lowest BCUT2D eigenvalue weighted by molar-refractivity contribution is -0.136. The molecule has 7 N–H and O–H groups in total. The maximum absolute atomic E-state index is 13.3. The van der Waals surface area contributed by atoms with Crippen LogP contribution in [-0.2, 0) is 19.2 Å². The first-order valence-corrected chi connectivity index (χ1v) is 16.8. The number of hydrogen-bond acceptors (Lipinski definition) is 8. The number of hydrogen-bond donors (Lipinski definition) is 7. The van der Waals surface area contributed by atoms with Crippen molar-refractivity contribution in [2.45, 2.75) is 147 Å². The van der Waals surface area contributed by atoms with Crippen LogP contribution in [0.3, 0.4) is 0 Å². The molecular formula is C31H59N4O6S. The normalized spacial score (nSPS) is 14.0. The van der Waals surface area contributed by atoms with E-state index in [4.69, 9.17) is 5.73 Å². The van der Waals surface area contributed by atoms with E-state index in [1.54, 1.807) is 6.29 Å². The van der Waals surface area contributed by atoms with Crippen LogP contribution in [0, 0.1) is 0 Å². The van der Waals surface area contributed by atoms with Gasteiger partial charge in [-0.25, -0.2) is 0 Å². The van der Waals surface area contributed by atoms with Gasteiger partial charge < -0.3 is 31.9 Å². The van der Waals surface area contributed by atoms with Crippen molar-refractivity contribution in [3.05, 3.63) is 0 Å². The van der Waals surface area contributed by atoms with Gasteiger partial charge in [0.15, 0.2) is 0 Å². The molecule has 11 heteroatoms. The van der Waals surface area contributed by atoms with Crippen molar-refractivity contribution in [3.63, 3.8) is 0 Å². The monoisotopic (exact) mass is 615 g/mol. The molecule has 0 aliphatic heterocycles. The van der Waals surface area contributed by atoms with Gasteiger partial charge in [-0.05, 0) is 45.1 Å². The standard InChI is InChI=1S/C31H59N4O6S/c1-2-3-4-5-6-7-8-9-10-11-12-13-14-19-28(39)35-31(25-42,20-17-22-36)30(41)34-27(24-38)29(40)33-26(23-37)18-15-16-21-32/h26-27,36,38,42H,2-22,24-25,32H2,1H3,(H,33,40)(H,34,41)(H,35,39)/t26-,27-,31-/m0/s1. The highest BCUT2D eigenvalue weighted by molar-refractivity contribution is 7.80. The third-order valence-electron chi connectivity index (χ3n) is 7.56. The summed E-state index contributed by atoms with van der Waals surface area (Å²) in [4.78, 5) is 50.1. The van der Waals surface area contributed by atoms with E-state index < -0.39 is 36.0 Å². The fourth-order valence-corrected chi connectivity index (χ4v) is 5.23. The molecule has 0 saturated carbocycles. The predicted molar refractivity (Wildman–Crippen MR) is 171 cm³/mol. The van der Waals surface area contributed by atoms with E-state index in [-0.39, 0.29) is 37.5 Å². The molecule has 0 spiro atoms. The summed E-state index contributed by atoms with van der Waals surface area (Å²) in [7, 11) is 0. The summed E-state index contributed by atoms with van der Waals surface area (Å²) in [5.41, 5.74) is 4.00. The molecule has 0 saturated heterocycles. The lowest BCUT2D eigenvalue weighted by atomic mass is 9.93. The van der Waals surface area contributed by atoms with Gasteiger partial charge in [-0.1, -0.05) is 84.0 Å². The van der Waals surface area contributed by atoms with Gasteiger partial charge in [0.2, 0.25) is 24.0 Å². The molecule has 42 heavy (non-hydrogen) atoms. The van der Waals surface area contributed by atoms with E-state index in [1.807, 2.05) is 0 Å². The Labute approximate surface area is 259 Å².